The van der Waals surface area contributed by atoms with E-state index in [4.69, 9.17) is 9.15 Å². The molecule has 118 valence electrons. The van der Waals surface area contributed by atoms with Crippen LogP contribution in [0.4, 0.5) is 0 Å². The summed E-state index contributed by atoms with van der Waals surface area (Å²) in [6.07, 6.45) is 0.300. The number of benzene rings is 2. The van der Waals surface area contributed by atoms with E-state index in [1.165, 1.54) is 0 Å². The van der Waals surface area contributed by atoms with Gasteiger partial charge in [0.2, 0.25) is 11.8 Å². The molecule has 23 heavy (non-hydrogen) atoms. The highest BCUT2D eigenvalue weighted by molar-refractivity contribution is 5.79. The van der Waals surface area contributed by atoms with Crippen molar-refractivity contribution in [3.63, 3.8) is 0 Å². The number of rotatable bonds is 5. The monoisotopic (exact) mass is 310 g/mol. The van der Waals surface area contributed by atoms with Gasteiger partial charge in [-0.05, 0) is 36.8 Å². The number of carbonyl (C=O) groups is 1. The molecule has 3 rings (SSSR count). The minimum Gasteiger partial charge on any atom is -0.497 e. The predicted octanol–water partition coefficient (Wildman–Crippen LogP) is 3.26. The first-order valence-corrected chi connectivity index (χ1v) is 7.43. The predicted molar refractivity (Wildman–Crippen MR) is 87.3 cm³/mol. The number of nitrogens with zero attached hydrogens (tertiary/aromatic N) is 1. The molecule has 0 saturated heterocycles. The highest BCUT2D eigenvalue weighted by Crippen LogP contribution is 2.19. The molecule has 0 aliphatic heterocycles. The van der Waals surface area contributed by atoms with Crippen LogP contribution >= 0.6 is 0 Å². The third kappa shape index (κ3) is 3.51. The average Bonchev–Trinajstić information content (AvgIpc) is 2.99. The van der Waals surface area contributed by atoms with Crippen LogP contribution in [-0.4, -0.2) is 18.0 Å². The van der Waals surface area contributed by atoms with Crippen molar-refractivity contribution in [2.45, 2.75) is 19.4 Å². The second kappa shape index (κ2) is 6.52. The van der Waals surface area contributed by atoms with E-state index in [9.17, 15) is 4.79 Å². The molecule has 2 aromatic carbocycles. The fourth-order valence-electron chi connectivity index (χ4n) is 2.36. The van der Waals surface area contributed by atoms with Crippen molar-refractivity contribution in [1.29, 1.82) is 0 Å². The van der Waals surface area contributed by atoms with Crippen LogP contribution in [0, 0.1) is 0 Å². The van der Waals surface area contributed by atoms with Crippen molar-refractivity contribution < 1.29 is 13.9 Å². The standard InChI is InChI=1S/C18H18N2O3/c1-12(18-20-15-5-3-4-6-16(15)23-18)19-17(21)11-13-7-9-14(22-2)10-8-13/h3-10,12H,11H2,1-2H3,(H,19,21). The van der Waals surface area contributed by atoms with Gasteiger partial charge in [-0.15, -0.1) is 0 Å². The summed E-state index contributed by atoms with van der Waals surface area (Å²) in [5, 5.41) is 2.91. The largest absolute Gasteiger partial charge is 0.497 e. The van der Waals surface area contributed by atoms with Crippen molar-refractivity contribution in [1.82, 2.24) is 10.3 Å². The Labute approximate surface area is 134 Å². The van der Waals surface area contributed by atoms with E-state index in [1.807, 2.05) is 55.5 Å². The van der Waals surface area contributed by atoms with E-state index in [-0.39, 0.29) is 11.9 Å². The first-order chi connectivity index (χ1) is 11.2. The lowest BCUT2D eigenvalue weighted by Crippen LogP contribution is -2.28. The van der Waals surface area contributed by atoms with Gasteiger partial charge in [0.15, 0.2) is 5.58 Å². The summed E-state index contributed by atoms with van der Waals surface area (Å²) < 4.78 is 10.8. The number of aromatic nitrogens is 1. The molecule has 0 spiro atoms. The lowest BCUT2D eigenvalue weighted by atomic mass is 10.1. The zero-order valence-corrected chi connectivity index (χ0v) is 13.1. The Hall–Kier alpha value is -2.82. The number of hydrogen-bond donors (Lipinski definition) is 1. The number of nitrogens with one attached hydrogen (secondary N) is 1. The third-order valence-electron chi connectivity index (χ3n) is 3.58. The number of methoxy groups -OCH3 is 1. The summed E-state index contributed by atoms with van der Waals surface area (Å²) in [5.41, 5.74) is 2.44. The molecule has 0 aliphatic rings. The molecule has 5 nitrogen and oxygen atoms in total. The molecule has 1 N–H and O–H groups in total. The fourth-order valence-corrected chi connectivity index (χ4v) is 2.36. The van der Waals surface area contributed by atoms with Crippen LogP contribution in [0.3, 0.4) is 0 Å². The van der Waals surface area contributed by atoms with Gasteiger partial charge in [-0.2, -0.15) is 0 Å². The van der Waals surface area contributed by atoms with Crippen LogP contribution in [0.25, 0.3) is 11.1 Å². The molecule has 1 amide bonds. The Kier molecular flexibility index (Phi) is 4.28. The van der Waals surface area contributed by atoms with E-state index in [2.05, 4.69) is 10.3 Å². The lowest BCUT2D eigenvalue weighted by Gasteiger charge is -2.10. The summed E-state index contributed by atoms with van der Waals surface area (Å²) in [7, 11) is 1.61. The second-order valence-electron chi connectivity index (χ2n) is 5.33. The van der Waals surface area contributed by atoms with Crippen LogP contribution in [0.2, 0.25) is 0 Å². The van der Waals surface area contributed by atoms with Crippen molar-refractivity contribution in [2.24, 2.45) is 0 Å². The molecule has 0 bridgehead atoms. The van der Waals surface area contributed by atoms with E-state index < -0.39 is 0 Å². The molecule has 5 heteroatoms. The summed E-state index contributed by atoms with van der Waals surface area (Å²) in [6, 6.07) is 14.7. The Bertz CT molecular complexity index is 776. The number of fused-ring (bicyclic) bond motifs is 1. The second-order valence-corrected chi connectivity index (χ2v) is 5.33. The zero-order chi connectivity index (χ0) is 16.2. The first kappa shape index (κ1) is 15.1. The molecule has 0 fully saturated rings. The van der Waals surface area contributed by atoms with Crippen molar-refractivity contribution in [2.75, 3.05) is 7.11 Å². The quantitative estimate of drug-likeness (QED) is 0.785. The lowest BCUT2D eigenvalue weighted by molar-refractivity contribution is -0.121. The summed E-state index contributed by atoms with van der Waals surface area (Å²) in [5.74, 6) is 1.20. The van der Waals surface area contributed by atoms with Gasteiger partial charge >= 0.3 is 0 Å². The number of amides is 1. The maximum absolute atomic E-state index is 12.2. The number of carbonyl (C=O) groups excluding carboxylic acids is 1. The molecule has 0 saturated carbocycles. The Balaban J connectivity index is 1.64. The van der Waals surface area contributed by atoms with E-state index in [1.54, 1.807) is 7.11 Å². The molecule has 0 aliphatic carbocycles. The Morgan fingerprint density at radius 2 is 1.96 bits per heavy atom. The molecular formula is C18H18N2O3. The maximum atomic E-state index is 12.2. The normalized spacial score (nSPS) is 12.1. The smallest absolute Gasteiger partial charge is 0.225 e. The van der Waals surface area contributed by atoms with E-state index in [0.717, 1.165) is 22.4 Å². The molecular weight excluding hydrogens is 292 g/mol. The number of hydrogen-bond acceptors (Lipinski definition) is 4. The van der Waals surface area contributed by atoms with Gasteiger partial charge in [0.1, 0.15) is 17.3 Å². The van der Waals surface area contributed by atoms with Crippen LogP contribution < -0.4 is 10.1 Å². The van der Waals surface area contributed by atoms with Gasteiger partial charge < -0.3 is 14.5 Å². The number of oxazole rings is 1. The molecule has 1 heterocycles. The summed E-state index contributed by atoms with van der Waals surface area (Å²) in [4.78, 5) is 16.6. The van der Waals surface area contributed by atoms with Crippen LogP contribution in [-0.2, 0) is 11.2 Å². The molecule has 1 aromatic heterocycles. The molecule has 0 radical (unpaired) electrons. The minimum atomic E-state index is -0.284. The molecule has 3 aromatic rings. The van der Waals surface area contributed by atoms with Crippen molar-refractivity contribution >= 4 is 17.0 Å². The van der Waals surface area contributed by atoms with Crippen molar-refractivity contribution in [3.8, 4) is 5.75 Å². The van der Waals surface area contributed by atoms with E-state index in [0.29, 0.717) is 12.3 Å². The SMILES string of the molecule is COc1ccc(CC(=O)NC(C)c2nc3ccccc3o2)cc1. The number of ether oxygens (including phenoxy) is 1. The van der Waals surface area contributed by atoms with Gasteiger partial charge in [-0.1, -0.05) is 24.3 Å². The first-order valence-electron chi connectivity index (χ1n) is 7.43. The van der Waals surface area contributed by atoms with Crippen molar-refractivity contribution in [3.05, 3.63) is 60.0 Å². The van der Waals surface area contributed by atoms with Gasteiger partial charge in [0, 0.05) is 0 Å². The van der Waals surface area contributed by atoms with Crippen LogP contribution in [0.1, 0.15) is 24.4 Å². The average molecular weight is 310 g/mol. The van der Waals surface area contributed by atoms with E-state index >= 15 is 0 Å². The molecule has 1 atom stereocenters. The van der Waals surface area contributed by atoms with Crippen LogP contribution in [0.15, 0.2) is 52.9 Å². The topological polar surface area (TPSA) is 64.4 Å². The number of para-hydroxylation sites is 2. The zero-order valence-electron chi connectivity index (χ0n) is 13.1. The van der Waals surface area contributed by atoms with Gasteiger partial charge in [-0.3, -0.25) is 4.79 Å². The minimum absolute atomic E-state index is 0.0788. The summed E-state index contributed by atoms with van der Waals surface area (Å²) >= 11 is 0. The van der Waals surface area contributed by atoms with Crippen LogP contribution in [0.5, 0.6) is 5.75 Å². The highest BCUT2D eigenvalue weighted by atomic mass is 16.5. The maximum Gasteiger partial charge on any atom is 0.225 e. The summed E-state index contributed by atoms with van der Waals surface area (Å²) in [6.45, 7) is 1.86. The fraction of sp³-hybridized carbons (Fsp3) is 0.222. The molecule has 1 unspecified atom stereocenters. The Morgan fingerprint density at radius 1 is 1.22 bits per heavy atom. The van der Waals surface area contributed by atoms with Gasteiger partial charge in [0.25, 0.3) is 0 Å². The van der Waals surface area contributed by atoms with Gasteiger partial charge in [0.05, 0.1) is 13.5 Å². The Morgan fingerprint density at radius 3 is 2.65 bits per heavy atom. The highest BCUT2D eigenvalue weighted by Gasteiger charge is 2.16. The van der Waals surface area contributed by atoms with Gasteiger partial charge in [-0.25, -0.2) is 4.98 Å². The third-order valence-corrected chi connectivity index (χ3v) is 3.58.